The molecule has 0 aliphatic heterocycles. The Morgan fingerprint density at radius 1 is 0.373 bits per heavy atom. The molecule has 0 radical (unpaired) electrons. The Balaban J connectivity index is 1.22. The maximum absolute atomic E-state index is 12.3. The van der Waals surface area contributed by atoms with Crippen LogP contribution in [0.4, 0.5) is 5.69 Å². The van der Waals surface area contributed by atoms with E-state index in [1.165, 1.54) is 51.1 Å². The first-order chi connectivity index (χ1) is 37.2. The Morgan fingerprint density at radius 2 is 0.880 bits per heavy atom. The van der Waals surface area contributed by atoms with E-state index in [2.05, 4.69) is 215 Å². The largest absolute Gasteiger partial charge is 0.316 e. The van der Waals surface area contributed by atoms with Crippen molar-refractivity contribution in [2.75, 3.05) is 0 Å². The molecule has 0 saturated heterocycles. The van der Waals surface area contributed by atoms with Crippen LogP contribution in [0.25, 0.3) is 154 Å². The van der Waals surface area contributed by atoms with Crippen LogP contribution in [0.2, 0.25) is 0 Å². The second-order valence-electron chi connectivity index (χ2n) is 19.2. The van der Waals surface area contributed by atoms with Crippen molar-refractivity contribution in [1.82, 2.24) is 9.13 Å². The fourth-order valence-corrected chi connectivity index (χ4v) is 15.9. The molecule has 0 N–H and O–H groups in total. The molecule has 0 amide bonds. The van der Waals surface area contributed by atoms with Gasteiger partial charge in [0.2, 0.25) is 5.69 Å². The lowest BCUT2D eigenvalue weighted by molar-refractivity contribution is 1.14. The molecular formula is C68H36N4S3. The van der Waals surface area contributed by atoms with Crippen molar-refractivity contribution in [3.63, 3.8) is 0 Å². The minimum Gasteiger partial charge on any atom is -0.316 e. The molecule has 16 rings (SSSR count). The van der Waals surface area contributed by atoms with Gasteiger partial charge in [0.25, 0.3) is 0 Å². The maximum Gasteiger partial charge on any atom is 0.220 e. The zero-order valence-electron chi connectivity index (χ0n) is 39.8. The highest BCUT2D eigenvalue weighted by Crippen LogP contribution is 2.56. The Labute approximate surface area is 441 Å². The zero-order valence-corrected chi connectivity index (χ0v) is 42.2. The third kappa shape index (κ3) is 5.83. The van der Waals surface area contributed by atoms with Crippen molar-refractivity contribution in [3.8, 4) is 50.8 Å². The van der Waals surface area contributed by atoms with E-state index >= 15 is 0 Å². The third-order valence-electron chi connectivity index (χ3n) is 15.4. The second kappa shape index (κ2) is 16.1. The van der Waals surface area contributed by atoms with Crippen LogP contribution in [-0.2, 0) is 0 Å². The molecule has 0 bridgehead atoms. The van der Waals surface area contributed by atoms with Gasteiger partial charge in [0, 0.05) is 89.4 Å². The van der Waals surface area contributed by atoms with Crippen molar-refractivity contribution in [1.29, 1.82) is 5.26 Å². The number of nitrogens with zero attached hydrogens (tertiary/aromatic N) is 4. The van der Waals surface area contributed by atoms with Crippen LogP contribution < -0.4 is 0 Å². The first kappa shape index (κ1) is 42.2. The predicted molar refractivity (Wildman–Crippen MR) is 321 cm³/mol. The molecule has 0 fully saturated rings. The third-order valence-corrected chi connectivity index (χ3v) is 18.9. The number of nitriles is 1. The van der Waals surface area contributed by atoms with Gasteiger partial charge in [-0.15, -0.1) is 34.0 Å². The average Bonchev–Trinajstić information content (AvgIpc) is 4.30. The number of hydrogen-bond acceptors (Lipinski definition) is 4. The molecule has 75 heavy (non-hydrogen) atoms. The minimum atomic E-state index is 0.422. The highest BCUT2D eigenvalue weighted by Gasteiger charge is 2.34. The Morgan fingerprint density at radius 3 is 1.47 bits per heavy atom. The molecule has 0 atom stereocenters. The van der Waals surface area contributed by atoms with Crippen LogP contribution in [0.15, 0.2) is 218 Å². The summed E-state index contributed by atoms with van der Waals surface area (Å²) in [7, 11) is 0. The molecular weight excluding hydrogens is 969 g/mol. The van der Waals surface area contributed by atoms with Crippen molar-refractivity contribution >= 4 is 144 Å². The molecule has 7 heteroatoms. The second-order valence-corrected chi connectivity index (χ2v) is 22.4. The summed E-state index contributed by atoms with van der Waals surface area (Å²) in [4.78, 5) is 4.71. The van der Waals surface area contributed by atoms with Gasteiger partial charge >= 0.3 is 0 Å². The van der Waals surface area contributed by atoms with Crippen molar-refractivity contribution < 1.29 is 0 Å². The number of hydrogen-bond donors (Lipinski definition) is 0. The van der Waals surface area contributed by atoms with Gasteiger partial charge in [0.1, 0.15) is 6.07 Å². The summed E-state index contributed by atoms with van der Waals surface area (Å²) < 4.78 is 12.0. The summed E-state index contributed by atoms with van der Waals surface area (Å²) in [6, 6.07) is 80.7. The fraction of sp³-hybridized carbons (Fsp3) is 0. The van der Waals surface area contributed by atoms with E-state index in [1.54, 1.807) is 22.7 Å². The summed E-state index contributed by atoms with van der Waals surface area (Å²) >= 11 is 5.43. The zero-order chi connectivity index (χ0) is 49.5. The number of benzene rings is 11. The molecule has 4 nitrogen and oxygen atoms in total. The van der Waals surface area contributed by atoms with Gasteiger partial charge in [-0.05, 0) is 47.0 Å². The standard InChI is InChI=1S/C68H36N4S3/c1-70-61-57(40-20-7-3-8-21-40)51(38-69)63(71-52-36-37-56-60(49-26-13-16-31-55(49)73-56)59(52)50-28-17-27-42(62(50)71)39-18-5-2-6-19-39)58(41-22-9-4-10-23-41)66(61)72-64-45(32-34-47-43-24-11-14-29-53(43)74-67(47)64)46-33-35-48-44-25-12-15-30-54(44)75-68(48)65(46)72/h2-37H. The Bertz CT molecular complexity index is 5070. The monoisotopic (exact) mass is 1000 g/mol. The van der Waals surface area contributed by atoms with Gasteiger partial charge in [0.05, 0.1) is 55.0 Å². The fourth-order valence-electron chi connectivity index (χ4n) is 12.4. The summed E-state index contributed by atoms with van der Waals surface area (Å²) in [5.41, 5.74) is 11.6. The molecule has 0 aliphatic rings. The molecule has 0 spiro atoms. The first-order valence-corrected chi connectivity index (χ1v) is 27.4. The van der Waals surface area contributed by atoms with Crippen LogP contribution in [0.5, 0.6) is 0 Å². The van der Waals surface area contributed by atoms with Crippen LogP contribution in [-0.4, -0.2) is 9.13 Å². The van der Waals surface area contributed by atoms with Crippen molar-refractivity contribution in [3.05, 3.63) is 235 Å². The number of fused-ring (bicyclic) bond motifs is 18. The van der Waals surface area contributed by atoms with E-state index in [0.29, 0.717) is 16.8 Å². The quantitative estimate of drug-likeness (QED) is 0.158. The molecule has 0 saturated carbocycles. The normalized spacial score (nSPS) is 12.0. The van der Waals surface area contributed by atoms with Gasteiger partial charge in [-0.2, -0.15) is 5.26 Å². The number of thiophene rings is 3. The molecule has 346 valence electrons. The SMILES string of the molecule is [C-]#[N+]c1c(-c2ccccc2)c(C#N)c(-n2c3ccc4sc5ccccc5c4c3c3cccc(-c4ccccc4)c32)c(-c2ccccc2)c1-n1c2c(ccc3c4ccccc4sc32)c2ccc3c4ccccc4sc3c21. The van der Waals surface area contributed by atoms with Crippen LogP contribution in [0.3, 0.4) is 0 Å². The summed E-state index contributed by atoms with van der Waals surface area (Å²) in [6.45, 7) is 9.63. The van der Waals surface area contributed by atoms with Gasteiger partial charge in [-0.25, -0.2) is 4.85 Å². The molecule has 0 unspecified atom stereocenters. The predicted octanol–water partition coefficient (Wildman–Crippen LogP) is 20.4. The van der Waals surface area contributed by atoms with Gasteiger partial charge < -0.3 is 9.13 Å². The van der Waals surface area contributed by atoms with Crippen molar-refractivity contribution in [2.45, 2.75) is 0 Å². The Kier molecular flexibility index (Phi) is 9.05. The van der Waals surface area contributed by atoms with Gasteiger partial charge in [0.15, 0.2) is 0 Å². The van der Waals surface area contributed by atoms with Crippen LogP contribution in [0.1, 0.15) is 5.56 Å². The lowest BCUT2D eigenvalue weighted by atomic mass is 9.88. The number of para-hydroxylation sites is 1. The smallest absolute Gasteiger partial charge is 0.220 e. The van der Waals surface area contributed by atoms with Gasteiger partial charge in [-0.1, -0.05) is 188 Å². The summed E-state index contributed by atoms with van der Waals surface area (Å²) in [5.74, 6) is 0. The average molecular weight is 1010 g/mol. The minimum absolute atomic E-state index is 0.422. The number of aromatic nitrogens is 2. The highest BCUT2D eigenvalue weighted by molar-refractivity contribution is 7.27. The summed E-state index contributed by atoms with van der Waals surface area (Å²) in [6.07, 6.45) is 0. The first-order valence-electron chi connectivity index (χ1n) is 24.9. The lowest BCUT2D eigenvalue weighted by Crippen LogP contribution is -2.09. The number of rotatable bonds is 5. The van der Waals surface area contributed by atoms with Crippen LogP contribution in [0, 0.1) is 17.9 Å². The summed E-state index contributed by atoms with van der Waals surface area (Å²) in [5, 5.41) is 23.9. The molecule has 16 aromatic rings. The highest BCUT2D eigenvalue weighted by atomic mass is 32.1. The maximum atomic E-state index is 12.3. The molecule has 5 aromatic heterocycles. The molecule has 11 aromatic carbocycles. The lowest BCUT2D eigenvalue weighted by Gasteiger charge is -2.26. The van der Waals surface area contributed by atoms with E-state index in [1.807, 2.05) is 29.5 Å². The van der Waals surface area contributed by atoms with E-state index in [0.717, 1.165) is 92.2 Å². The molecule has 5 heterocycles. The van der Waals surface area contributed by atoms with E-state index in [9.17, 15) is 11.8 Å². The van der Waals surface area contributed by atoms with Gasteiger partial charge in [-0.3, -0.25) is 0 Å². The van der Waals surface area contributed by atoms with Crippen LogP contribution >= 0.6 is 34.0 Å². The molecule has 0 aliphatic carbocycles. The van der Waals surface area contributed by atoms with E-state index in [-0.39, 0.29) is 0 Å². The van der Waals surface area contributed by atoms with Crippen molar-refractivity contribution in [2.24, 2.45) is 0 Å². The topological polar surface area (TPSA) is 38.0 Å². The van der Waals surface area contributed by atoms with E-state index in [4.69, 9.17) is 4.85 Å². The van der Waals surface area contributed by atoms with E-state index < -0.39 is 0 Å². The Hall–Kier alpha value is -9.34.